The number of primary amides is 1. The minimum absolute atomic E-state index is 0.178. The fourth-order valence-corrected chi connectivity index (χ4v) is 1.69. The highest BCUT2D eigenvalue weighted by Gasteiger charge is 2.24. The first kappa shape index (κ1) is 9.98. The Hall–Kier alpha value is -1.10. The summed E-state index contributed by atoms with van der Waals surface area (Å²) in [6.45, 7) is 1.70. The molecule has 1 rings (SSSR count). The lowest BCUT2D eigenvalue weighted by Gasteiger charge is -2.12. The Kier molecular flexibility index (Phi) is 3.25. The lowest BCUT2D eigenvalue weighted by Crippen LogP contribution is -2.32. The number of aliphatic carboxylic acids is 1. The molecular weight excluding hydrogens is 172 g/mol. The quantitative estimate of drug-likeness (QED) is 0.606. The fourth-order valence-electron chi connectivity index (χ4n) is 1.69. The van der Waals surface area contributed by atoms with Crippen LogP contribution in [0.4, 0.5) is 0 Å². The molecule has 0 aromatic carbocycles. The van der Waals surface area contributed by atoms with Gasteiger partial charge in [0.25, 0.3) is 0 Å². The molecule has 1 fully saturated rings. The van der Waals surface area contributed by atoms with E-state index in [1.807, 2.05) is 4.90 Å². The Labute approximate surface area is 76.5 Å². The van der Waals surface area contributed by atoms with Crippen molar-refractivity contribution in [1.29, 1.82) is 0 Å². The number of carboxylic acid groups (broad SMARTS) is 1. The Bertz CT molecular complexity index is 195. The van der Waals surface area contributed by atoms with Crippen LogP contribution in [0.15, 0.2) is 0 Å². The van der Waals surface area contributed by atoms with Crippen molar-refractivity contribution in [3.8, 4) is 0 Å². The first-order valence-corrected chi connectivity index (χ1v) is 4.30. The normalized spacial score (nSPS) is 23.2. The minimum atomic E-state index is -0.772. The van der Waals surface area contributed by atoms with Crippen LogP contribution in [0.25, 0.3) is 0 Å². The second-order valence-corrected chi connectivity index (χ2v) is 3.45. The van der Waals surface area contributed by atoms with Gasteiger partial charge in [-0.05, 0) is 18.9 Å². The van der Waals surface area contributed by atoms with E-state index in [0.717, 1.165) is 13.0 Å². The molecule has 0 radical (unpaired) electrons. The van der Waals surface area contributed by atoms with Crippen molar-refractivity contribution < 1.29 is 14.7 Å². The van der Waals surface area contributed by atoms with Crippen LogP contribution in [0.2, 0.25) is 0 Å². The van der Waals surface area contributed by atoms with Crippen LogP contribution in [-0.2, 0) is 9.59 Å². The molecule has 1 atom stereocenters. The zero-order valence-electron chi connectivity index (χ0n) is 7.40. The third-order valence-electron chi connectivity index (χ3n) is 2.21. The third kappa shape index (κ3) is 3.42. The summed E-state index contributed by atoms with van der Waals surface area (Å²) < 4.78 is 0. The van der Waals surface area contributed by atoms with E-state index in [1.165, 1.54) is 0 Å². The number of rotatable bonds is 4. The lowest BCUT2D eigenvalue weighted by molar-refractivity contribution is -0.138. The smallest absolute Gasteiger partial charge is 0.303 e. The van der Waals surface area contributed by atoms with Crippen LogP contribution in [-0.4, -0.2) is 41.5 Å². The van der Waals surface area contributed by atoms with E-state index in [9.17, 15) is 9.59 Å². The molecule has 1 amide bonds. The fraction of sp³-hybridized carbons (Fsp3) is 0.750. The van der Waals surface area contributed by atoms with E-state index in [-0.39, 0.29) is 24.8 Å². The van der Waals surface area contributed by atoms with Gasteiger partial charge in [-0.2, -0.15) is 0 Å². The largest absolute Gasteiger partial charge is 0.481 e. The topological polar surface area (TPSA) is 83.6 Å². The molecule has 0 aromatic rings. The van der Waals surface area contributed by atoms with Crippen molar-refractivity contribution >= 4 is 11.9 Å². The van der Waals surface area contributed by atoms with Crippen LogP contribution < -0.4 is 5.73 Å². The summed E-state index contributed by atoms with van der Waals surface area (Å²) in [7, 11) is 0. The van der Waals surface area contributed by atoms with Gasteiger partial charge in [0.15, 0.2) is 0 Å². The van der Waals surface area contributed by atoms with Gasteiger partial charge in [-0.1, -0.05) is 0 Å². The van der Waals surface area contributed by atoms with E-state index in [2.05, 4.69) is 0 Å². The predicted octanol–water partition coefficient (Wildman–Crippen LogP) is -0.732. The number of nitrogens with two attached hydrogens (primary N) is 1. The molecule has 1 heterocycles. The maximum absolute atomic E-state index is 10.5. The number of amides is 1. The molecule has 0 bridgehead atoms. The van der Waals surface area contributed by atoms with Crippen molar-refractivity contribution in [2.45, 2.75) is 12.8 Å². The number of hydrogen-bond acceptors (Lipinski definition) is 3. The minimum Gasteiger partial charge on any atom is -0.481 e. The Morgan fingerprint density at radius 1 is 1.54 bits per heavy atom. The van der Waals surface area contributed by atoms with Crippen molar-refractivity contribution in [3.05, 3.63) is 0 Å². The molecule has 1 aliphatic heterocycles. The van der Waals surface area contributed by atoms with Gasteiger partial charge in [0.05, 0.1) is 6.54 Å². The Morgan fingerprint density at radius 2 is 2.23 bits per heavy atom. The number of carbonyl (C=O) groups excluding carboxylic acids is 1. The second kappa shape index (κ2) is 4.23. The summed E-state index contributed by atoms with van der Waals surface area (Å²) in [5.74, 6) is -0.946. The van der Waals surface area contributed by atoms with Crippen LogP contribution in [0.5, 0.6) is 0 Å². The van der Waals surface area contributed by atoms with Crippen molar-refractivity contribution in [1.82, 2.24) is 4.90 Å². The third-order valence-corrected chi connectivity index (χ3v) is 2.21. The highest BCUT2D eigenvalue weighted by Crippen LogP contribution is 2.18. The van der Waals surface area contributed by atoms with Crippen molar-refractivity contribution in [3.63, 3.8) is 0 Å². The average molecular weight is 186 g/mol. The van der Waals surface area contributed by atoms with E-state index in [0.29, 0.717) is 6.54 Å². The molecule has 5 heteroatoms. The van der Waals surface area contributed by atoms with Gasteiger partial charge >= 0.3 is 5.97 Å². The number of hydrogen-bond donors (Lipinski definition) is 2. The molecule has 74 valence electrons. The summed E-state index contributed by atoms with van der Waals surface area (Å²) >= 11 is 0. The maximum atomic E-state index is 10.5. The van der Waals surface area contributed by atoms with Crippen molar-refractivity contribution in [2.75, 3.05) is 19.6 Å². The Balaban J connectivity index is 2.27. The first-order chi connectivity index (χ1) is 6.08. The number of carboxylic acids is 1. The highest BCUT2D eigenvalue weighted by molar-refractivity contribution is 5.76. The highest BCUT2D eigenvalue weighted by atomic mass is 16.4. The van der Waals surface area contributed by atoms with Gasteiger partial charge < -0.3 is 10.8 Å². The first-order valence-electron chi connectivity index (χ1n) is 4.30. The van der Waals surface area contributed by atoms with Gasteiger partial charge in [0, 0.05) is 13.0 Å². The zero-order valence-corrected chi connectivity index (χ0v) is 7.40. The standard InChI is InChI=1S/C8H14N2O3/c9-7(11)5-10-2-1-6(4-10)3-8(12)13/h6H,1-5H2,(H2,9,11)(H,12,13). The molecular formula is C8H14N2O3. The molecule has 1 aliphatic rings. The summed E-state index contributed by atoms with van der Waals surface area (Å²) in [6, 6.07) is 0. The maximum Gasteiger partial charge on any atom is 0.303 e. The van der Waals surface area contributed by atoms with Gasteiger partial charge in [0.1, 0.15) is 0 Å². The molecule has 0 spiro atoms. The van der Waals surface area contributed by atoms with Crippen molar-refractivity contribution in [2.24, 2.45) is 11.7 Å². The molecule has 1 unspecified atom stereocenters. The average Bonchev–Trinajstić information content (AvgIpc) is 2.33. The summed E-state index contributed by atoms with van der Waals surface area (Å²) in [6.07, 6.45) is 1.04. The number of likely N-dealkylation sites (tertiary alicyclic amines) is 1. The molecule has 1 saturated heterocycles. The predicted molar refractivity (Wildman–Crippen MR) is 46.0 cm³/mol. The van der Waals surface area contributed by atoms with Crippen LogP contribution >= 0.6 is 0 Å². The second-order valence-electron chi connectivity index (χ2n) is 3.45. The molecule has 0 aliphatic carbocycles. The number of carbonyl (C=O) groups is 2. The molecule has 5 nitrogen and oxygen atoms in total. The van der Waals surface area contributed by atoms with E-state index < -0.39 is 5.97 Å². The summed E-state index contributed by atoms with van der Waals surface area (Å²) in [5.41, 5.74) is 5.02. The Morgan fingerprint density at radius 3 is 2.77 bits per heavy atom. The van der Waals surface area contributed by atoms with Gasteiger partial charge in [-0.3, -0.25) is 14.5 Å². The van der Waals surface area contributed by atoms with Crippen LogP contribution in [0.1, 0.15) is 12.8 Å². The number of nitrogens with zero attached hydrogens (tertiary/aromatic N) is 1. The van der Waals surface area contributed by atoms with Gasteiger partial charge in [0.2, 0.25) is 5.91 Å². The summed E-state index contributed by atoms with van der Waals surface area (Å²) in [5, 5.41) is 8.53. The van der Waals surface area contributed by atoms with Gasteiger partial charge in [-0.15, -0.1) is 0 Å². The zero-order chi connectivity index (χ0) is 9.84. The lowest BCUT2D eigenvalue weighted by atomic mass is 10.1. The SMILES string of the molecule is NC(=O)CN1CCC(CC(=O)O)C1. The monoisotopic (exact) mass is 186 g/mol. The van der Waals surface area contributed by atoms with Crippen LogP contribution in [0.3, 0.4) is 0 Å². The molecule has 0 aromatic heterocycles. The molecule has 3 N–H and O–H groups in total. The molecule has 13 heavy (non-hydrogen) atoms. The van der Waals surface area contributed by atoms with E-state index in [4.69, 9.17) is 10.8 Å². The van der Waals surface area contributed by atoms with E-state index in [1.54, 1.807) is 0 Å². The summed E-state index contributed by atoms with van der Waals surface area (Å²) in [4.78, 5) is 22.8. The molecule has 0 saturated carbocycles. The van der Waals surface area contributed by atoms with Crippen LogP contribution in [0, 0.1) is 5.92 Å². The van der Waals surface area contributed by atoms with E-state index >= 15 is 0 Å². The van der Waals surface area contributed by atoms with Gasteiger partial charge in [-0.25, -0.2) is 0 Å².